The first kappa shape index (κ1) is 13.3. The maximum atomic E-state index is 12.1. The number of Topliss-reactive ketones (excluding diaryl/α,β-unsaturated/α-hetero) is 1. The molecule has 94 valence electrons. The van der Waals surface area contributed by atoms with Gasteiger partial charge in [-0.1, -0.05) is 34.8 Å². The van der Waals surface area contributed by atoms with Crippen molar-refractivity contribution >= 4 is 40.6 Å². The van der Waals surface area contributed by atoms with Crippen LogP contribution in [0.1, 0.15) is 16.8 Å². The second kappa shape index (κ2) is 4.84. The predicted octanol–water partition coefficient (Wildman–Crippen LogP) is 3.95. The molecule has 0 amide bonds. The molecule has 0 aliphatic heterocycles. The molecule has 18 heavy (non-hydrogen) atoms. The summed E-state index contributed by atoms with van der Waals surface area (Å²) >= 11 is 17.3. The molecule has 0 bridgehead atoms. The molecule has 0 radical (unpaired) electrons. The number of hydrogen-bond donors (Lipinski definition) is 2. The van der Waals surface area contributed by atoms with Gasteiger partial charge in [0.05, 0.1) is 10.1 Å². The van der Waals surface area contributed by atoms with Crippen molar-refractivity contribution in [3.63, 3.8) is 0 Å². The Hall–Kier alpha value is -1.16. The highest BCUT2D eigenvalue weighted by Crippen LogP contribution is 2.39. The summed E-state index contributed by atoms with van der Waals surface area (Å²) in [5.41, 5.74) is 0.0439. The number of allylic oxidation sites excluding steroid dienone is 4. The molecule has 3 nitrogen and oxygen atoms in total. The number of carbonyl (C=O) groups is 1. The Labute approximate surface area is 118 Å². The SMILES string of the molecule is O=C(C1=CC(Cl)=C(Cl)C1)c1c(O)ccc(Cl)c1O. The van der Waals surface area contributed by atoms with Crippen molar-refractivity contribution in [1.29, 1.82) is 0 Å². The quantitative estimate of drug-likeness (QED) is 0.813. The Morgan fingerprint density at radius 3 is 2.39 bits per heavy atom. The lowest BCUT2D eigenvalue weighted by atomic mass is 10.0. The molecule has 0 fully saturated rings. The molecular formula is C12H7Cl3O3. The van der Waals surface area contributed by atoms with Crippen LogP contribution in [0.15, 0.2) is 33.8 Å². The van der Waals surface area contributed by atoms with Crippen molar-refractivity contribution in [1.82, 2.24) is 0 Å². The van der Waals surface area contributed by atoms with Gasteiger partial charge in [-0.15, -0.1) is 0 Å². The summed E-state index contributed by atoms with van der Waals surface area (Å²) in [4.78, 5) is 12.1. The van der Waals surface area contributed by atoms with Gasteiger partial charge >= 0.3 is 0 Å². The largest absolute Gasteiger partial charge is 0.507 e. The summed E-state index contributed by atoms with van der Waals surface area (Å²) in [5.74, 6) is -1.36. The summed E-state index contributed by atoms with van der Waals surface area (Å²) in [6, 6.07) is 2.53. The molecule has 1 aromatic rings. The highest BCUT2D eigenvalue weighted by atomic mass is 35.5. The lowest BCUT2D eigenvalue weighted by Gasteiger charge is -2.08. The second-order valence-corrected chi connectivity index (χ2v) is 4.99. The molecule has 0 saturated heterocycles. The van der Waals surface area contributed by atoms with Crippen LogP contribution in [0.25, 0.3) is 0 Å². The van der Waals surface area contributed by atoms with Crippen molar-refractivity contribution in [3.8, 4) is 11.5 Å². The van der Waals surface area contributed by atoms with Gasteiger partial charge in [0.25, 0.3) is 0 Å². The summed E-state index contributed by atoms with van der Waals surface area (Å²) < 4.78 is 0. The van der Waals surface area contributed by atoms with Crippen molar-refractivity contribution in [2.24, 2.45) is 0 Å². The molecular weight excluding hydrogens is 298 g/mol. The van der Waals surface area contributed by atoms with Crippen LogP contribution in [0, 0.1) is 0 Å². The van der Waals surface area contributed by atoms with E-state index in [1.54, 1.807) is 0 Å². The van der Waals surface area contributed by atoms with E-state index >= 15 is 0 Å². The number of carbonyl (C=O) groups excluding carboxylic acids is 1. The molecule has 2 N–H and O–H groups in total. The number of ketones is 1. The number of hydrogen-bond acceptors (Lipinski definition) is 3. The minimum absolute atomic E-state index is 0.0140. The van der Waals surface area contributed by atoms with E-state index in [1.807, 2.05) is 0 Å². The predicted molar refractivity (Wildman–Crippen MR) is 70.5 cm³/mol. The Morgan fingerprint density at radius 2 is 1.83 bits per heavy atom. The molecule has 0 aromatic heterocycles. The zero-order chi connectivity index (χ0) is 13.4. The van der Waals surface area contributed by atoms with E-state index in [0.717, 1.165) is 0 Å². The van der Waals surface area contributed by atoms with Gasteiger partial charge in [0, 0.05) is 17.0 Å². The Morgan fingerprint density at radius 1 is 1.17 bits per heavy atom. The van der Waals surface area contributed by atoms with E-state index in [9.17, 15) is 15.0 Å². The van der Waals surface area contributed by atoms with Crippen LogP contribution in [0.4, 0.5) is 0 Å². The monoisotopic (exact) mass is 304 g/mol. The fourth-order valence-electron chi connectivity index (χ4n) is 1.62. The smallest absolute Gasteiger partial charge is 0.196 e. The highest BCUT2D eigenvalue weighted by Gasteiger charge is 2.25. The zero-order valence-electron chi connectivity index (χ0n) is 8.88. The van der Waals surface area contributed by atoms with Crippen LogP contribution in [0.3, 0.4) is 0 Å². The van der Waals surface area contributed by atoms with Gasteiger partial charge in [0.1, 0.15) is 17.1 Å². The van der Waals surface area contributed by atoms with Crippen LogP contribution in [0.5, 0.6) is 11.5 Å². The van der Waals surface area contributed by atoms with E-state index < -0.39 is 11.5 Å². The van der Waals surface area contributed by atoms with E-state index in [0.29, 0.717) is 5.03 Å². The first-order chi connectivity index (χ1) is 8.41. The average molecular weight is 306 g/mol. The van der Waals surface area contributed by atoms with Gasteiger partial charge in [0.15, 0.2) is 5.78 Å². The van der Waals surface area contributed by atoms with Crippen molar-refractivity contribution in [2.45, 2.75) is 6.42 Å². The van der Waals surface area contributed by atoms with Crippen LogP contribution >= 0.6 is 34.8 Å². The maximum absolute atomic E-state index is 12.1. The molecule has 1 aromatic carbocycles. The summed E-state index contributed by atoms with van der Waals surface area (Å²) in [5, 5.41) is 20.0. The Balaban J connectivity index is 2.43. The third-order valence-electron chi connectivity index (χ3n) is 2.53. The van der Waals surface area contributed by atoms with Crippen molar-refractivity contribution < 1.29 is 15.0 Å². The number of aromatic hydroxyl groups is 2. The Kier molecular flexibility index (Phi) is 3.57. The molecule has 2 rings (SSSR count). The number of rotatable bonds is 2. The molecule has 6 heteroatoms. The first-order valence-electron chi connectivity index (χ1n) is 4.91. The van der Waals surface area contributed by atoms with E-state index in [-0.39, 0.29) is 33.4 Å². The van der Waals surface area contributed by atoms with Gasteiger partial charge in [0.2, 0.25) is 0 Å². The van der Waals surface area contributed by atoms with Gasteiger partial charge in [-0.25, -0.2) is 0 Å². The molecule has 1 aliphatic carbocycles. The Bertz CT molecular complexity index is 603. The molecule has 0 heterocycles. The molecule has 0 saturated carbocycles. The van der Waals surface area contributed by atoms with Crippen molar-refractivity contribution in [3.05, 3.63) is 44.4 Å². The minimum Gasteiger partial charge on any atom is -0.507 e. The average Bonchev–Trinajstić information content (AvgIpc) is 2.65. The van der Waals surface area contributed by atoms with E-state index in [2.05, 4.69) is 0 Å². The number of phenolic OH excluding ortho intramolecular Hbond substituents is 2. The molecule has 1 aliphatic rings. The van der Waals surface area contributed by atoms with Crippen molar-refractivity contribution in [2.75, 3.05) is 0 Å². The minimum atomic E-state index is -0.554. The lowest BCUT2D eigenvalue weighted by molar-refractivity contribution is 0.102. The van der Waals surface area contributed by atoms with E-state index in [1.165, 1.54) is 18.2 Å². The van der Waals surface area contributed by atoms with Gasteiger partial charge in [-0.2, -0.15) is 0 Å². The van der Waals surface area contributed by atoms with Gasteiger partial charge in [-0.3, -0.25) is 4.79 Å². The summed E-state index contributed by atoms with van der Waals surface area (Å²) in [7, 11) is 0. The lowest BCUT2D eigenvalue weighted by Crippen LogP contribution is -2.03. The maximum Gasteiger partial charge on any atom is 0.196 e. The van der Waals surface area contributed by atoms with Crippen LogP contribution in [0.2, 0.25) is 5.02 Å². The van der Waals surface area contributed by atoms with E-state index in [4.69, 9.17) is 34.8 Å². The van der Waals surface area contributed by atoms with Crippen LogP contribution in [-0.4, -0.2) is 16.0 Å². The number of phenols is 2. The van der Waals surface area contributed by atoms with Gasteiger partial charge in [-0.05, 0) is 18.2 Å². The van der Waals surface area contributed by atoms with Crippen LogP contribution in [-0.2, 0) is 0 Å². The second-order valence-electron chi connectivity index (χ2n) is 3.72. The molecule has 0 spiro atoms. The number of halogens is 3. The fraction of sp³-hybridized carbons (Fsp3) is 0.0833. The van der Waals surface area contributed by atoms with Gasteiger partial charge < -0.3 is 10.2 Å². The fourth-order valence-corrected chi connectivity index (χ4v) is 2.17. The third-order valence-corrected chi connectivity index (χ3v) is 3.61. The normalized spacial score (nSPS) is 14.9. The third kappa shape index (κ3) is 2.21. The standard InChI is InChI=1S/C12H7Cl3O3/c13-6-1-2-9(16)10(12(6)18)11(17)5-3-7(14)8(15)4-5/h1-3,16,18H,4H2. The topological polar surface area (TPSA) is 57.5 Å². The summed E-state index contributed by atoms with van der Waals surface area (Å²) in [6.45, 7) is 0. The molecule has 0 unspecified atom stereocenters. The van der Waals surface area contributed by atoms with Crippen LogP contribution < -0.4 is 0 Å². The highest BCUT2D eigenvalue weighted by molar-refractivity contribution is 6.42. The molecule has 0 atom stereocenters. The number of benzene rings is 1. The summed E-state index contributed by atoms with van der Waals surface area (Å²) in [6.07, 6.45) is 1.58. The zero-order valence-corrected chi connectivity index (χ0v) is 11.1. The first-order valence-corrected chi connectivity index (χ1v) is 6.05.